The Morgan fingerprint density at radius 2 is 1.67 bits per heavy atom. The van der Waals surface area contributed by atoms with Gasteiger partial charge in [-0.2, -0.15) is 0 Å². The topological polar surface area (TPSA) is 107 Å². The molecule has 0 radical (unpaired) electrons. The Balaban J connectivity index is 4.08. The largest absolute Gasteiger partial charge is 0.329 e. The van der Waals surface area contributed by atoms with Crippen molar-refractivity contribution in [1.82, 2.24) is 15.1 Å². The van der Waals surface area contributed by atoms with Gasteiger partial charge in [-0.05, 0) is 19.4 Å². The van der Waals surface area contributed by atoms with Gasteiger partial charge in [0.1, 0.15) is 0 Å². The molecule has 0 saturated carbocycles. The minimum Gasteiger partial charge on any atom is -0.329 e. The highest BCUT2D eigenvalue weighted by atomic mass is 15.2. The number of hydrogen-bond acceptors (Lipinski definition) is 7. The van der Waals surface area contributed by atoms with Gasteiger partial charge in [-0.3, -0.25) is 9.89 Å². The smallest absolute Gasteiger partial charge is 0.0509 e. The van der Waals surface area contributed by atoms with E-state index in [9.17, 15) is 0 Å². The standard InChI is InChI=1S/C14H33N7/c1-18-7-11-21(10-5-17)14-13-20(9-2-3-15)12-8-19-6-4-16/h3,15,19H,1-2,4-14,16-17H2. The van der Waals surface area contributed by atoms with Crippen LogP contribution in [0.2, 0.25) is 0 Å². The average Bonchev–Trinajstić information content (AvgIpc) is 2.50. The molecule has 7 nitrogen and oxygen atoms in total. The molecule has 0 heterocycles. The summed E-state index contributed by atoms with van der Waals surface area (Å²) in [5, 5.41) is 10.5. The molecule has 0 fully saturated rings. The average molecular weight is 299 g/mol. The maximum atomic E-state index is 7.18. The molecule has 7 heteroatoms. The molecule has 0 aromatic heterocycles. The quantitative estimate of drug-likeness (QED) is 0.212. The highest BCUT2D eigenvalue weighted by Gasteiger charge is 2.08. The van der Waals surface area contributed by atoms with Crippen LogP contribution in [0.15, 0.2) is 4.99 Å². The lowest BCUT2D eigenvalue weighted by Crippen LogP contribution is -2.41. The van der Waals surface area contributed by atoms with Gasteiger partial charge in [0.15, 0.2) is 0 Å². The Kier molecular flexibility index (Phi) is 14.9. The summed E-state index contributed by atoms with van der Waals surface area (Å²) in [6.07, 6.45) is 2.27. The van der Waals surface area contributed by atoms with Crippen LogP contribution in [0.4, 0.5) is 0 Å². The molecule has 21 heavy (non-hydrogen) atoms. The summed E-state index contributed by atoms with van der Waals surface area (Å²) in [5.41, 5.74) is 11.1. The molecule has 0 amide bonds. The van der Waals surface area contributed by atoms with Crippen molar-refractivity contribution < 1.29 is 0 Å². The van der Waals surface area contributed by atoms with E-state index >= 15 is 0 Å². The van der Waals surface area contributed by atoms with Gasteiger partial charge in [0.25, 0.3) is 0 Å². The second-order valence-corrected chi connectivity index (χ2v) is 4.95. The molecule has 0 aliphatic carbocycles. The van der Waals surface area contributed by atoms with E-state index in [0.29, 0.717) is 13.1 Å². The molecule has 6 N–H and O–H groups in total. The van der Waals surface area contributed by atoms with Gasteiger partial charge >= 0.3 is 0 Å². The van der Waals surface area contributed by atoms with Crippen LogP contribution in [0, 0.1) is 5.41 Å². The fraction of sp³-hybridized carbons (Fsp3) is 0.857. The van der Waals surface area contributed by atoms with E-state index in [4.69, 9.17) is 16.9 Å². The van der Waals surface area contributed by atoms with Crippen LogP contribution < -0.4 is 16.8 Å². The van der Waals surface area contributed by atoms with Gasteiger partial charge in [-0.1, -0.05) is 0 Å². The van der Waals surface area contributed by atoms with Crippen LogP contribution in [0.1, 0.15) is 6.42 Å². The van der Waals surface area contributed by atoms with Gasteiger partial charge < -0.3 is 27.1 Å². The molecule has 0 unspecified atom stereocenters. The predicted octanol–water partition coefficient (Wildman–Crippen LogP) is -1.16. The van der Waals surface area contributed by atoms with Crippen LogP contribution >= 0.6 is 0 Å². The first-order chi connectivity index (χ1) is 10.3. The summed E-state index contributed by atoms with van der Waals surface area (Å²) >= 11 is 0. The molecule has 0 aromatic rings. The maximum absolute atomic E-state index is 7.18. The fourth-order valence-corrected chi connectivity index (χ4v) is 2.06. The summed E-state index contributed by atoms with van der Waals surface area (Å²) in [4.78, 5) is 8.60. The number of nitrogens with zero attached hydrogens (tertiary/aromatic N) is 3. The van der Waals surface area contributed by atoms with Crippen molar-refractivity contribution in [2.45, 2.75) is 6.42 Å². The number of aliphatic imine (C=N–C) groups is 1. The Morgan fingerprint density at radius 3 is 2.24 bits per heavy atom. The number of hydrogen-bond donors (Lipinski definition) is 4. The first kappa shape index (κ1) is 20.1. The SMILES string of the molecule is C=NCCN(CCN)CCN(CCC=N)CCNCCN. The molecule has 0 aliphatic heterocycles. The molecule has 0 aromatic carbocycles. The molecular formula is C14H33N7. The highest BCUT2D eigenvalue weighted by Crippen LogP contribution is 1.94. The van der Waals surface area contributed by atoms with Crippen LogP contribution in [0.25, 0.3) is 0 Å². The summed E-state index contributed by atoms with van der Waals surface area (Å²) in [7, 11) is 0. The third-order valence-corrected chi connectivity index (χ3v) is 3.27. The van der Waals surface area contributed by atoms with E-state index in [2.05, 4.69) is 26.8 Å². The number of nitrogens with one attached hydrogen (secondary N) is 2. The van der Waals surface area contributed by atoms with Gasteiger partial charge in [0.05, 0.1) is 6.54 Å². The van der Waals surface area contributed by atoms with Crippen molar-refractivity contribution in [2.75, 3.05) is 72.0 Å². The van der Waals surface area contributed by atoms with Gasteiger partial charge in [-0.25, -0.2) is 0 Å². The second-order valence-electron chi connectivity index (χ2n) is 4.95. The first-order valence-electron chi connectivity index (χ1n) is 7.75. The van der Waals surface area contributed by atoms with Crippen LogP contribution in [0.3, 0.4) is 0 Å². The van der Waals surface area contributed by atoms with Crippen molar-refractivity contribution in [2.24, 2.45) is 16.5 Å². The van der Waals surface area contributed by atoms with Crippen LogP contribution in [-0.2, 0) is 0 Å². The Labute approximate surface area is 129 Å². The molecule has 0 atom stereocenters. The zero-order chi connectivity index (χ0) is 15.8. The molecule has 124 valence electrons. The summed E-state index contributed by atoms with van der Waals surface area (Å²) in [6, 6.07) is 0. The third kappa shape index (κ3) is 12.6. The predicted molar refractivity (Wildman–Crippen MR) is 91.7 cm³/mol. The van der Waals surface area contributed by atoms with E-state index in [1.54, 1.807) is 0 Å². The minimum absolute atomic E-state index is 0.662. The van der Waals surface area contributed by atoms with E-state index in [0.717, 1.165) is 65.3 Å². The fourth-order valence-electron chi connectivity index (χ4n) is 2.06. The zero-order valence-corrected chi connectivity index (χ0v) is 13.3. The summed E-state index contributed by atoms with van der Waals surface area (Å²) in [5.74, 6) is 0. The van der Waals surface area contributed by atoms with E-state index in [-0.39, 0.29) is 0 Å². The normalized spacial score (nSPS) is 11.2. The van der Waals surface area contributed by atoms with Crippen molar-refractivity contribution in [1.29, 1.82) is 5.41 Å². The number of rotatable bonds is 16. The summed E-state index contributed by atoms with van der Waals surface area (Å²) in [6.45, 7) is 13.0. The lowest BCUT2D eigenvalue weighted by atomic mass is 10.3. The number of nitrogens with two attached hydrogens (primary N) is 2. The maximum Gasteiger partial charge on any atom is 0.0509 e. The summed E-state index contributed by atoms with van der Waals surface area (Å²) < 4.78 is 0. The van der Waals surface area contributed by atoms with Gasteiger partial charge in [0.2, 0.25) is 0 Å². The Bertz CT molecular complexity index is 247. The molecule has 0 aliphatic rings. The van der Waals surface area contributed by atoms with Crippen molar-refractivity contribution >= 4 is 12.9 Å². The monoisotopic (exact) mass is 299 g/mol. The van der Waals surface area contributed by atoms with E-state index < -0.39 is 0 Å². The molecular weight excluding hydrogens is 266 g/mol. The second kappa shape index (κ2) is 15.5. The van der Waals surface area contributed by atoms with Crippen LogP contribution in [0.5, 0.6) is 0 Å². The Morgan fingerprint density at radius 1 is 0.952 bits per heavy atom. The van der Waals surface area contributed by atoms with Crippen LogP contribution in [-0.4, -0.2) is 94.7 Å². The van der Waals surface area contributed by atoms with E-state index in [1.807, 2.05) is 0 Å². The molecule has 0 rings (SSSR count). The Hall–Kier alpha value is -0.860. The lowest BCUT2D eigenvalue weighted by Gasteiger charge is -2.27. The lowest BCUT2D eigenvalue weighted by molar-refractivity contribution is 0.213. The van der Waals surface area contributed by atoms with Crippen molar-refractivity contribution in [3.8, 4) is 0 Å². The van der Waals surface area contributed by atoms with E-state index in [1.165, 1.54) is 6.21 Å². The molecule has 0 bridgehead atoms. The molecule has 0 spiro atoms. The first-order valence-corrected chi connectivity index (χ1v) is 7.75. The van der Waals surface area contributed by atoms with Crippen molar-refractivity contribution in [3.63, 3.8) is 0 Å². The van der Waals surface area contributed by atoms with Crippen molar-refractivity contribution in [3.05, 3.63) is 0 Å². The third-order valence-electron chi connectivity index (χ3n) is 3.27. The van der Waals surface area contributed by atoms with Gasteiger partial charge in [0, 0.05) is 65.4 Å². The molecule has 0 saturated heterocycles. The van der Waals surface area contributed by atoms with Gasteiger partial charge in [-0.15, -0.1) is 0 Å². The zero-order valence-electron chi connectivity index (χ0n) is 13.3. The minimum atomic E-state index is 0.662. The highest BCUT2D eigenvalue weighted by molar-refractivity contribution is 5.52.